The van der Waals surface area contributed by atoms with E-state index in [1.54, 1.807) is 0 Å². The van der Waals surface area contributed by atoms with Gasteiger partial charge in [-0.25, -0.2) is 0 Å². The fraction of sp³-hybridized carbons (Fsp3) is 0.536. The average Bonchev–Trinajstić information content (AvgIpc) is 2.82. The van der Waals surface area contributed by atoms with Gasteiger partial charge in [-0.2, -0.15) is 0 Å². The van der Waals surface area contributed by atoms with Gasteiger partial charge in [0.1, 0.15) is 0 Å². The zero-order chi connectivity index (χ0) is 24.1. The molecule has 2 aromatic carbocycles. The van der Waals surface area contributed by atoms with Crippen LogP contribution in [-0.2, 0) is 4.79 Å². The molecule has 1 N–H and O–H groups in total. The Morgan fingerprint density at radius 3 is 2.03 bits per heavy atom. The highest BCUT2D eigenvalue weighted by molar-refractivity contribution is 6.30. The third-order valence-electron chi connectivity index (χ3n) is 7.24. The van der Waals surface area contributed by atoms with Crippen LogP contribution in [0.4, 0.5) is 0 Å². The summed E-state index contributed by atoms with van der Waals surface area (Å²) in [6.45, 7) is 9.07. The Balaban J connectivity index is 1.56. The molecule has 2 heterocycles. The van der Waals surface area contributed by atoms with Crippen LogP contribution in [0.1, 0.15) is 56.7 Å². The predicted octanol–water partition coefficient (Wildman–Crippen LogP) is 6.03. The molecule has 0 unspecified atom stereocenters. The molecule has 184 valence electrons. The van der Waals surface area contributed by atoms with Crippen LogP contribution in [0, 0.1) is 11.8 Å². The standard InChI is InChI=1S/C28H37Cl2N3O/c1-20(2)17-26-19-32(15-16-33(26)27(34)18-21-11-13-31-14-12-21)28(22-3-7-24(29)8-4-22)23-5-9-25(30)10-6-23/h3-10,20-21,26,28,31H,11-19H2,1-2H3/t26-/m0/s1. The molecule has 0 aliphatic carbocycles. The first-order valence-corrected chi connectivity index (χ1v) is 13.4. The van der Waals surface area contributed by atoms with Crippen LogP contribution in [0.2, 0.25) is 10.0 Å². The minimum atomic E-state index is 0.103. The molecule has 6 heteroatoms. The summed E-state index contributed by atoms with van der Waals surface area (Å²) < 4.78 is 0. The number of halogens is 2. The highest BCUT2D eigenvalue weighted by Crippen LogP contribution is 2.33. The van der Waals surface area contributed by atoms with E-state index in [9.17, 15) is 4.79 Å². The first-order valence-electron chi connectivity index (χ1n) is 12.7. The molecule has 2 saturated heterocycles. The summed E-state index contributed by atoms with van der Waals surface area (Å²) in [5, 5.41) is 4.89. The third kappa shape index (κ3) is 6.54. The van der Waals surface area contributed by atoms with Gasteiger partial charge in [-0.1, -0.05) is 61.3 Å². The van der Waals surface area contributed by atoms with Crippen molar-refractivity contribution in [2.24, 2.45) is 11.8 Å². The molecular formula is C28H37Cl2N3O. The Morgan fingerprint density at radius 2 is 1.50 bits per heavy atom. The van der Waals surface area contributed by atoms with Gasteiger partial charge in [0.25, 0.3) is 0 Å². The van der Waals surface area contributed by atoms with E-state index in [1.165, 1.54) is 11.1 Å². The lowest BCUT2D eigenvalue weighted by Gasteiger charge is -2.46. The first-order chi connectivity index (χ1) is 16.4. The monoisotopic (exact) mass is 501 g/mol. The second-order valence-electron chi connectivity index (χ2n) is 10.3. The van der Waals surface area contributed by atoms with E-state index in [1.807, 2.05) is 24.3 Å². The summed E-state index contributed by atoms with van der Waals surface area (Å²) in [4.78, 5) is 18.1. The number of nitrogens with zero attached hydrogens (tertiary/aromatic N) is 2. The van der Waals surface area contributed by atoms with Gasteiger partial charge in [-0.3, -0.25) is 9.69 Å². The molecule has 1 atom stereocenters. The molecule has 0 saturated carbocycles. The number of piperazine rings is 1. The lowest BCUT2D eigenvalue weighted by molar-refractivity contribution is -0.138. The van der Waals surface area contributed by atoms with Gasteiger partial charge < -0.3 is 10.2 Å². The van der Waals surface area contributed by atoms with Crippen molar-refractivity contribution in [3.05, 3.63) is 69.7 Å². The Labute approximate surface area is 214 Å². The molecule has 0 radical (unpaired) electrons. The highest BCUT2D eigenvalue weighted by Gasteiger charge is 2.35. The quantitative estimate of drug-likeness (QED) is 0.502. The van der Waals surface area contributed by atoms with E-state index >= 15 is 0 Å². The third-order valence-corrected chi connectivity index (χ3v) is 7.74. The van der Waals surface area contributed by atoms with E-state index in [2.05, 4.69) is 53.2 Å². The summed E-state index contributed by atoms with van der Waals surface area (Å²) in [6, 6.07) is 16.7. The van der Waals surface area contributed by atoms with Crippen LogP contribution in [0.25, 0.3) is 0 Å². The van der Waals surface area contributed by atoms with Crippen molar-refractivity contribution >= 4 is 29.1 Å². The van der Waals surface area contributed by atoms with E-state index in [-0.39, 0.29) is 12.1 Å². The van der Waals surface area contributed by atoms with E-state index in [0.29, 0.717) is 24.2 Å². The van der Waals surface area contributed by atoms with Crippen LogP contribution in [0.5, 0.6) is 0 Å². The second kappa shape index (κ2) is 11.9. The van der Waals surface area contributed by atoms with Crippen molar-refractivity contribution in [1.82, 2.24) is 15.1 Å². The molecule has 0 spiro atoms. The number of nitrogens with one attached hydrogen (secondary N) is 1. The zero-order valence-electron chi connectivity index (χ0n) is 20.4. The van der Waals surface area contributed by atoms with Crippen molar-refractivity contribution in [1.29, 1.82) is 0 Å². The molecule has 34 heavy (non-hydrogen) atoms. The van der Waals surface area contributed by atoms with E-state index < -0.39 is 0 Å². The lowest BCUT2D eigenvalue weighted by atomic mass is 9.91. The molecule has 2 aliphatic rings. The number of amides is 1. The van der Waals surface area contributed by atoms with Gasteiger partial charge >= 0.3 is 0 Å². The number of carbonyl (C=O) groups excluding carboxylic acids is 1. The molecule has 0 aromatic heterocycles. The fourth-order valence-corrected chi connectivity index (χ4v) is 5.79. The van der Waals surface area contributed by atoms with Gasteiger partial charge in [0.15, 0.2) is 0 Å². The smallest absolute Gasteiger partial charge is 0.223 e. The van der Waals surface area contributed by atoms with Gasteiger partial charge in [0.2, 0.25) is 5.91 Å². The van der Waals surface area contributed by atoms with Gasteiger partial charge in [0.05, 0.1) is 6.04 Å². The Morgan fingerprint density at radius 1 is 0.941 bits per heavy atom. The molecule has 4 nitrogen and oxygen atoms in total. The number of rotatable bonds is 7. The largest absolute Gasteiger partial charge is 0.337 e. The number of carbonyl (C=O) groups is 1. The maximum absolute atomic E-state index is 13.4. The normalized spacial score (nSPS) is 20.3. The van der Waals surface area contributed by atoms with Crippen LogP contribution in [0.15, 0.2) is 48.5 Å². The minimum absolute atomic E-state index is 0.103. The summed E-state index contributed by atoms with van der Waals surface area (Å²) in [6.07, 6.45) is 3.92. The van der Waals surface area contributed by atoms with Crippen molar-refractivity contribution < 1.29 is 4.79 Å². The molecule has 1 amide bonds. The Bertz CT molecular complexity index is 880. The number of benzene rings is 2. The molecule has 2 aliphatic heterocycles. The molecule has 0 bridgehead atoms. The minimum Gasteiger partial charge on any atom is -0.337 e. The zero-order valence-corrected chi connectivity index (χ0v) is 21.9. The molecular weight excluding hydrogens is 465 g/mol. The fourth-order valence-electron chi connectivity index (χ4n) is 5.54. The summed E-state index contributed by atoms with van der Waals surface area (Å²) in [5.41, 5.74) is 2.43. The van der Waals surface area contributed by atoms with E-state index in [4.69, 9.17) is 23.2 Å². The van der Waals surface area contributed by atoms with Crippen molar-refractivity contribution in [3.63, 3.8) is 0 Å². The van der Waals surface area contributed by atoms with Crippen LogP contribution < -0.4 is 5.32 Å². The van der Waals surface area contributed by atoms with Crippen LogP contribution in [0.3, 0.4) is 0 Å². The van der Waals surface area contributed by atoms with Gasteiger partial charge in [-0.15, -0.1) is 0 Å². The SMILES string of the molecule is CC(C)C[C@H]1CN(C(c2ccc(Cl)cc2)c2ccc(Cl)cc2)CCN1C(=O)CC1CCNCC1. The molecule has 2 aromatic rings. The van der Waals surface area contributed by atoms with Crippen molar-refractivity contribution in [2.75, 3.05) is 32.7 Å². The summed E-state index contributed by atoms with van der Waals surface area (Å²) in [7, 11) is 0. The Hall–Kier alpha value is -1.59. The second-order valence-corrected chi connectivity index (χ2v) is 11.1. The van der Waals surface area contributed by atoms with E-state index in [0.717, 1.165) is 62.0 Å². The summed E-state index contributed by atoms with van der Waals surface area (Å²) >= 11 is 12.4. The lowest BCUT2D eigenvalue weighted by Crippen LogP contribution is -2.56. The summed E-state index contributed by atoms with van der Waals surface area (Å²) in [5.74, 6) is 1.39. The Kier molecular flexibility index (Phi) is 8.92. The topological polar surface area (TPSA) is 35.6 Å². The van der Waals surface area contributed by atoms with Gasteiger partial charge in [-0.05, 0) is 79.6 Å². The maximum Gasteiger partial charge on any atom is 0.223 e. The van der Waals surface area contributed by atoms with Crippen LogP contribution in [-0.4, -0.2) is 54.5 Å². The van der Waals surface area contributed by atoms with Gasteiger partial charge in [0, 0.05) is 42.1 Å². The number of piperidine rings is 1. The highest BCUT2D eigenvalue weighted by atomic mass is 35.5. The average molecular weight is 503 g/mol. The van der Waals surface area contributed by atoms with Crippen molar-refractivity contribution in [3.8, 4) is 0 Å². The molecule has 2 fully saturated rings. The number of hydrogen-bond donors (Lipinski definition) is 1. The maximum atomic E-state index is 13.4. The van der Waals surface area contributed by atoms with Crippen molar-refractivity contribution in [2.45, 2.75) is 51.6 Å². The predicted molar refractivity (Wildman–Crippen MR) is 141 cm³/mol. The number of hydrogen-bond acceptors (Lipinski definition) is 3. The molecule has 4 rings (SSSR count). The van der Waals surface area contributed by atoms with Crippen LogP contribution >= 0.6 is 23.2 Å². The first kappa shape index (κ1) is 25.5.